The number of aromatic amines is 2. The molecule has 2 rings (SSSR count). The largest absolute Gasteiger partial charge is 0.343 e. The number of imidazole rings is 1. The van der Waals surface area contributed by atoms with Crippen molar-refractivity contribution in [2.24, 2.45) is 0 Å². The van der Waals surface area contributed by atoms with Crippen LogP contribution in [0.5, 0.6) is 0 Å². The van der Waals surface area contributed by atoms with E-state index < -0.39 is 0 Å². The van der Waals surface area contributed by atoms with E-state index in [1.54, 1.807) is 12.4 Å². The van der Waals surface area contributed by atoms with Gasteiger partial charge in [-0.15, -0.1) is 5.10 Å². The van der Waals surface area contributed by atoms with Crippen LogP contribution in [0.1, 0.15) is 0 Å². The van der Waals surface area contributed by atoms with Crippen LogP contribution < -0.4 is 0 Å². The van der Waals surface area contributed by atoms with Gasteiger partial charge in [-0.1, -0.05) is 5.21 Å². The van der Waals surface area contributed by atoms with Gasteiger partial charge in [0.25, 0.3) is 0 Å². The Labute approximate surface area is 56.5 Å². The number of nitrogens with zero attached hydrogens (tertiary/aromatic N) is 3. The molecule has 0 unspecified atom stereocenters. The van der Waals surface area contributed by atoms with Gasteiger partial charge in [-0.2, -0.15) is 0 Å². The van der Waals surface area contributed by atoms with E-state index in [9.17, 15) is 0 Å². The van der Waals surface area contributed by atoms with Gasteiger partial charge in [0.2, 0.25) is 0 Å². The first-order chi connectivity index (χ1) is 4.97. The summed E-state index contributed by atoms with van der Waals surface area (Å²) >= 11 is 0. The molecule has 2 N–H and O–H groups in total. The normalized spacial score (nSPS) is 10.0. The fourth-order valence-electron chi connectivity index (χ4n) is 0.678. The zero-order chi connectivity index (χ0) is 6.81. The lowest BCUT2D eigenvalue weighted by Gasteiger charge is -1.81. The van der Waals surface area contributed by atoms with Crippen molar-refractivity contribution in [2.45, 2.75) is 0 Å². The molecule has 5 nitrogen and oxygen atoms in total. The zero-order valence-electron chi connectivity index (χ0n) is 5.00. The smallest absolute Gasteiger partial charge is 0.160 e. The van der Waals surface area contributed by atoms with Crippen LogP contribution in [0, 0.1) is 6.20 Å². The molecule has 5 heteroatoms. The van der Waals surface area contributed by atoms with Crippen LogP contribution in [0.4, 0.5) is 0 Å². The van der Waals surface area contributed by atoms with Crippen molar-refractivity contribution in [3.8, 4) is 11.5 Å². The molecule has 2 aromatic rings. The fraction of sp³-hybridized carbons (Fsp3) is 0. The summed E-state index contributed by atoms with van der Waals surface area (Å²) in [6.07, 6.45) is 5.91. The van der Waals surface area contributed by atoms with Crippen LogP contribution in [0.25, 0.3) is 11.5 Å². The highest BCUT2D eigenvalue weighted by atomic mass is 15.3. The summed E-state index contributed by atoms with van der Waals surface area (Å²) in [5.41, 5.74) is 0.696. The SMILES string of the molecule is [c]1c[nH]c(-c2c[nH]nn2)n1. The molecule has 0 aliphatic heterocycles. The Morgan fingerprint density at radius 1 is 1.50 bits per heavy atom. The molecule has 0 aromatic carbocycles. The van der Waals surface area contributed by atoms with E-state index >= 15 is 0 Å². The maximum atomic E-state index is 3.86. The third kappa shape index (κ3) is 0.680. The molecule has 49 valence electrons. The third-order valence-electron chi connectivity index (χ3n) is 1.11. The van der Waals surface area contributed by atoms with Gasteiger partial charge in [0, 0.05) is 6.20 Å². The molecule has 1 radical (unpaired) electrons. The Kier molecular flexibility index (Phi) is 1.00. The van der Waals surface area contributed by atoms with Crippen LogP contribution >= 0.6 is 0 Å². The topological polar surface area (TPSA) is 70.2 Å². The second-order valence-corrected chi connectivity index (χ2v) is 1.74. The molecule has 0 atom stereocenters. The zero-order valence-corrected chi connectivity index (χ0v) is 5.00. The number of hydrogen-bond acceptors (Lipinski definition) is 3. The molecule has 2 heterocycles. The lowest BCUT2D eigenvalue weighted by atomic mass is 10.5. The summed E-state index contributed by atoms with van der Waals surface area (Å²) in [4.78, 5) is 6.71. The lowest BCUT2D eigenvalue weighted by molar-refractivity contribution is 0.939. The van der Waals surface area contributed by atoms with Gasteiger partial charge < -0.3 is 4.98 Å². The molecule has 0 bridgehead atoms. The Morgan fingerprint density at radius 2 is 2.50 bits per heavy atom. The van der Waals surface area contributed by atoms with Crippen LogP contribution in [0.2, 0.25) is 0 Å². The number of aromatic nitrogens is 5. The highest BCUT2D eigenvalue weighted by molar-refractivity contribution is 5.45. The quantitative estimate of drug-likeness (QED) is 0.576. The first kappa shape index (κ1) is 5.16. The number of nitrogens with one attached hydrogen (secondary N) is 2. The van der Waals surface area contributed by atoms with E-state index in [1.165, 1.54) is 0 Å². The number of hydrogen-bond donors (Lipinski definition) is 2. The van der Waals surface area contributed by atoms with Gasteiger partial charge in [0.1, 0.15) is 11.9 Å². The average Bonchev–Trinajstić information content (AvgIpc) is 2.59. The van der Waals surface area contributed by atoms with Gasteiger partial charge in [-0.25, -0.2) is 4.98 Å². The van der Waals surface area contributed by atoms with Crippen molar-refractivity contribution >= 4 is 0 Å². The van der Waals surface area contributed by atoms with E-state index in [4.69, 9.17) is 0 Å². The Balaban J connectivity index is 2.48. The van der Waals surface area contributed by atoms with Crippen LogP contribution in [-0.4, -0.2) is 25.4 Å². The summed E-state index contributed by atoms with van der Waals surface area (Å²) in [5.74, 6) is 0.675. The summed E-state index contributed by atoms with van der Waals surface area (Å²) in [6, 6.07) is 0. The van der Waals surface area contributed by atoms with Gasteiger partial charge in [0.05, 0.1) is 6.20 Å². The van der Waals surface area contributed by atoms with Gasteiger partial charge in [-0.05, 0) is 0 Å². The maximum Gasteiger partial charge on any atom is 0.160 e. The second kappa shape index (κ2) is 1.94. The molecule has 2 aromatic heterocycles. The number of H-pyrrole nitrogens is 2. The first-order valence-corrected chi connectivity index (χ1v) is 2.75. The second-order valence-electron chi connectivity index (χ2n) is 1.74. The van der Waals surface area contributed by atoms with Crippen molar-refractivity contribution in [3.63, 3.8) is 0 Å². The van der Waals surface area contributed by atoms with Crippen molar-refractivity contribution in [1.29, 1.82) is 0 Å². The van der Waals surface area contributed by atoms with Crippen molar-refractivity contribution in [2.75, 3.05) is 0 Å². The van der Waals surface area contributed by atoms with Gasteiger partial charge in [0.15, 0.2) is 5.82 Å². The van der Waals surface area contributed by atoms with Crippen LogP contribution in [0.3, 0.4) is 0 Å². The summed E-state index contributed by atoms with van der Waals surface area (Å²) < 4.78 is 0. The number of rotatable bonds is 1. The average molecular weight is 134 g/mol. The van der Waals surface area contributed by atoms with E-state index in [0.717, 1.165) is 0 Å². The predicted molar refractivity (Wildman–Crippen MR) is 32.8 cm³/mol. The van der Waals surface area contributed by atoms with Crippen molar-refractivity contribution < 1.29 is 0 Å². The van der Waals surface area contributed by atoms with E-state index in [0.29, 0.717) is 11.5 Å². The van der Waals surface area contributed by atoms with E-state index in [2.05, 4.69) is 31.6 Å². The molecule has 0 aliphatic rings. The predicted octanol–water partition coefficient (Wildman–Crippen LogP) is -0.00501. The lowest BCUT2D eigenvalue weighted by Crippen LogP contribution is -1.78. The van der Waals surface area contributed by atoms with Crippen molar-refractivity contribution in [1.82, 2.24) is 25.4 Å². The summed E-state index contributed by atoms with van der Waals surface area (Å²) in [7, 11) is 0. The molecule has 0 aliphatic carbocycles. The molecule has 0 saturated carbocycles. The minimum atomic E-state index is 0.675. The molecular formula is C5H4N5. The Morgan fingerprint density at radius 3 is 3.10 bits per heavy atom. The molecule has 0 saturated heterocycles. The fourth-order valence-corrected chi connectivity index (χ4v) is 0.678. The monoisotopic (exact) mass is 134 g/mol. The Bertz CT molecular complexity index is 249. The molecule has 10 heavy (non-hydrogen) atoms. The third-order valence-corrected chi connectivity index (χ3v) is 1.11. The molecule has 0 fully saturated rings. The minimum absolute atomic E-state index is 0.675. The maximum absolute atomic E-state index is 3.86. The first-order valence-electron chi connectivity index (χ1n) is 2.75. The summed E-state index contributed by atoms with van der Waals surface area (Å²) in [6.45, 7) is 0. The highest BCUT2D eigenvalue weighted by Crippen LogP contribution is 2.05. The van der Waals surface area contributed by atoms with Crippen LogP contribution in [-0.2, 0) is 0 Å². The summed E-state index contributed by atoms with van der Waals surface area (Å²) in [5, 5.41) is 9.85. The molecule has 0 amide bonds. The van der Waals surface area contributed by atoms with Crippen molar-refractivity contribution in [3.05, 3.63) is 18.6 Å². The molecule has 0 spiro atoms. The standard InChI is InChI=1S/C5H4N5/c1-2-7-5(6-1)4-3-8-10-9-4/h1,3H,(H,6,7)(H,8,9,10). The van der Waals surface area contributed by atoms with Crippen LogP contribution in [0.15, 0.2) is 12.4 Å². The van der Waals surface area contributed by atoms with E-state index in [-0.39, 0.29) is 0 Å². The van der Waals surface area contributed by atoms with E-state index in [1.807, 2.05) is 0 Å². The van der Waals surface area contributed by atoms with Gasteiger partial charge >= 0.3 is 0 Å². The van der Waals surface area contributed by atoms with Gasteiger partial charge in [-0.3, -0.25) is 5.10 Å². The minimum Gasteiger partial charge on any atom is -0.343 e. The molecular weight excluding hydrogens is 130 g/mol. The Hall–Kier alpha value is -1.65. The highest BCUT2D eigenvalue weighted by Gasteiger charge is 2.00.